The molecule has 114 valence electrons. The Balaban J connectivity index is 1.60. The molecule has 4 heteroatoms. The lowest BCUT2D eigenvalue weighted by atomic mass is 9.88. The molecule has 1 aliphatic rings. The Hall–Kier alpha value is -2.36. The number of H-pyrrole nitrogens is 1. The van der Waals surface area contributed by atoms with E-state index in [1.54, 1.807) is 12.3 Å². The van der Waals surface area contributed by atoms with Gasteiger partial charge >= 0.3 is 0 Å². The van der Waals surface area contributed by atoms with Crippen molar-refractivity contribution >= 4 is 11.7 Å². The number of ketones is 1. The van der Waals surface area contributed by atoms with Crippen LogP contribution in [0.5, 0.6) is 0 Å². The molecular weight excluding hydrogens is 276 g/mol. The Bertz CT molecular complexity index is 651. The van der Waals surface area contributed by atoms with E-state index in [2.05, 4.69) is 4.98 Å². The van der Waals surface area contributed by atoms with E-state index >= 15 is 0 Å². The third-order valence-corrected chi connectivity index (χ3v) is 4.32. The monoisotopic (exact) mass is 296 g/mol. The van der Waals surface area contributed by atoms with Gasteiger partial charge in [-0.3, -0.25) is 9.59 Å². The first-order valence-corrected chi connectivity index (χ1v) is 7.68. The quantitative estimate of drug-likeness (QED) is 0.885. The normalized spacial score (nSPS) is 15.8. The molecule has 0 radical (unpaired) electrons. The van der Waals surface area contributed by atoms with Crippen LogP contribution in [0.1, 0.15) is 39.3 Å². The fraction of sp³-hybridized carbons (Fsp3) is 0.333. The molecule has 1 aromatic heterocycles. The number of aryl methyl sites for hydroxylation is 1. The minimum Gasteiger partial charge on any atom is -0.357 e. The van der Waals surface area contributed by atoms with Crippen LogP contribution in [0.4, 0.5) is 0 Å². The van der Waals surface area contributed by atoms with E-state index in [1.165, 1.54) is 0 Å². The minimum absolute atomic E-state index is 0.0197. The number of rotatable bonds is 3. The van der Waals surface area contributed by atoms with Gasteiger partial charge in [-0.15, -0.1) is 0 Å². The summed E-state index contributed by atoms with van der Waals surface area (Å²) in [5.41, 5.74) is 2.55. The minimum atomic E-state index is 0.0197. The summed E-state index contributed by atoms with van der Waals surface area (Å²) < 4.78 is 0. The van der Waals surface area contributed by atoms with Gasteiger partial charge in [0.1, 0.15) is 5.69 Å². The number of nitrogens with one attached hydrogen (secondary N) is 1. The zero-order chi connectivity index (χ0) is 15.5. The molecule has 1 fully saturated rings. The average Bonchev–Trinajstić information content (AvgIpc) is 3.09. The van der Waals surface area contributed by atoms with Gasteiger partial charge in [-0.2, -0.15) is 0 Å². The lowest BCUT2D eigenvalue weighted by Crippen LogP contribution is -2.40. The zero-order valence-electron chi connectivity index (χ0n) is 12.7. The highest BCUT2D eigenvalue weighted by molar-refractivity contribution is 5.98. The maximum absolute atomic E-state index is 12.5. The lowest BCUT2D eigenvalue weighted by Gasteiger charge is -2.31. The smallest absolute Gasteiger partial charge is 0.270 e. The molecule has 0 saturated carbocycles. The predicted molar refractivity (Wildman–Crippen MR) is 84.9 cm³/mol. The molecule has 0 bridgehead atoms. The number of likely N-dealkylation sites (tertiary alicyclic amines) is 1. The summed E-state index contributed by atoms with van der Waals surface area (Å²) in [5.74, 6) is 0.244. The van der Waals surface area contributed by atoms with Crippen LogP contribution >= 0.6 is 0 Å². The third-order valence-electron chi connectivity index (χ3n) is 4.32. The molecular formula is C18H20N2O2. The number of Topliss-reactive ketones (excluding diaryl/α,β-unsaturated/α-hetero) is 1. The SMILES string of the molecule is Cc1ccc(C(=O)C2CCN(C(=O)c3ccc[nH]3)CC2)cc1. The van der Waals surface area contributed by atoms with E-state index in [9.17, 15) is 9.59 Å². The van der Waals surface area contributed by atoms with E-state index in [4.69, 9.17) is 0 Å². The maximum atomic E-state index is 12.5. The van der Waals surface area contributed by atoms with Crippen LogP contribution in [0, 0.1) is 12.8 Å². The molecule has 3 rings (SSSR count). The summed E-state index contributed by atoms with van der Waals surface area (Å²) in [6, 6.07) is 11.3. The highest BCUT2D eigenvalue weighted by atomic mass is 16.2. The van der Waals surface area contributed by atoms with Crippen LogP contribution < -0.4 is 0 Å². The largest absolute Gasteiger partial charge is 0.357 e. The molecule has 0 spiro atoms. The van der Waals surface area contributed by atoms with E-state index in [-0.39, 0.29) is 17.6 Å². The maximum Gasteiger partial charge on any atom is 0.270 e. The molecule has 0 atom stereocenters. The second kappa shape index (κ2) is 6.18. The predicted octanol–water partition coefficient (Wildman–Crippen LogP) is 3.06. The van der Waals surface area contributed by atoms with Crippen molar-refractivity contribution in [2.75, 3.05) is 13.1 Å². The van der Waals surface area contributed by atoms with Crippen LogP contribution in [-0.2, 0) is 0 Å². The Morgan fingerprint density at radius 1 is 1.09 bits per heavy atom. The Labute approximate surface area is 130 Å². The van der Waals surface area contributed by atoms with Gasteiger partial charge in [0.15, 0.2) is 5.78 Å². The van der Waals surface area contributed by atoms with Crippen LogP contribution in [-0.4, -0.2) is 34.7 Å². The fourth-order valence-corrected chi connectivity index (χ4v) is 2.93. The number of hydrogen-bond acceptors (Lipinski definition) is 2. The van der Waals surface area contributed by atoms with Crippen molar-refractivity contribution in [3.8, 4) is 0 Å². The van der Waals surface area contributed by atoms with Crippen molar-refractivity contribution in [2.45, 2.75) is 19.8 Å². The topological polar surface area (TPSA) is 53.2 Å². The van der Waals surface area contributed by atoms with Crippen LogP contribution in [0.3, 0.4) is 0 Å². The summed E-state index contributed by atoms with van der Waals surface area (Å²) in [4.78, 5) is 29.5. The summed E-state index contributed by atoms with van der Waals surface area (Å²) in [5, 5.41) is 0. The first kappa shape index (κ1) is 14.6. The number of carbonyl (C=O) groups is 2. The van der Waals surface area contributed by atoms with E-state index in [0.29, 0.717) is 18.8 Å². The van der Waals surface area contributed by atoms with Crippen LogP contribution in [0.25, 0.3) is 0 Å². The van der Waals surface area contributed by atoms with Crippen molar-refractivity contribution in [1.82, 2.24) is 9.88 Å². The average molecular weight is 296 g/mol. The number of carbonyl (C=O) groups excluding carboxylic acids is 2. The van der Waals surface area contributed by atoms with Crippen molar-refractivity contribution in [2.24, 2.45) is 5.92 Å². The molecule has 1 saturated heterocycles. The Kier molecular flexibility index (Phi) is 4.09. The lowest BCUT2D eigenvalue weighted by molar-refractivity contribution is 0.0646. The van der Waals surface area contributed by atoms with Gasteiger partial charge in [-0.05, 0) is 31.9 Å². The summed E-state index contributed by atoms with van der Waals surface area (Å²) in [6.45, 7) is 3.29. The van der Waals surface area contributed by atoms with Gasteiger partial charge in [0, 0.05) is 30.8 Å². The molecule has 0 aliphatic carbocycles. The van der Waals surface area contributed by atoms with Crippen LogP contribution in [0.15, 0.2) is 42.6 Å². The summed E-state index contributed by atoms with van der Waals surface area (Å²) >= 11 is 0. The van der Waals surface area contributed by atoms with Crippen molar-refractivity contribution < 1.29 is 9.59 Å². The highest BCUT2D eigenvalue weighted by Gasteiger charge is 2.28. The number of benzene rings is 1. The first-order chi connectivity index (χ1) is 10.6. The van der Waals surface area contributed by atoms with Gasteiger partial charge in [0.05, 0.1) is 0 Å². The molecule has 1 aromatic carbocycles. The summed E-state index contributed by atoms with van der Waals surface area (Å²) in [6.07, 6.45) is 3.22. The molecule has 1 amide bonds. The van der Waals surface area contributed by atoms with Gasteiger partial charge in [-0.1, -0.05) is 29.8 Å². The number of hydrogen-bond donors (Lipinski definition) is 1. The molecule has 0 unspecified atom stereocenters. The highest BCUT2D eigenvalue weighted by Crippen LogP contribution is 2.23. The van der Waals surface area contributed by atoms with Gasteiger partial charge in [0.2, 0.25) is 0 Å². The van der Waals surface area contributed by atoms with E-state index < -0.39 is 0 Å². The van der Waals surface area contributed by atoms with Crippen molar-refractivity contribution in [3.05, 3.63) is 59.4 Å². The Morgan fingerprint density at radius 3 is 2.36 bits per heavy atom. The Morgan fingerprint density at radius 2 is 1.77 bits per heavy atom. The number of aromatic amines is 1. The van der Waals surface area contributed by atoms with Gasteiger partial charge in [0.25, 0.3) is 5.91 Å². The van der Waals surface area contributed by atoms with Gasteiger partial charge in [-0.25, -0.2) is 0 Å². The first-order valence-electron chi connectivity index (χ1n) is 7.68. The zero-order valence-corrected chi connectivity index (χ0v) is 12.7. The molecule has 22 heavy (non-hydrogen) atoms. The van der Waals surface area contributed by atoms with Crippen molar-refractivity contribution in [3.63, 3.8) is 0 Å². The molecule has 4 nitrogen and oxygen atoms in total. The second-order valence-electron chi connectivity index (χ2n) is 5.88. The third kappa shape index (κ3) is 2.96. The number of amides is 1. The number of piperidine rings is 1. The van der Waals surface area contributed by atoms with E-state index in [1.807, 2.05) is 42.2 Å². The standard InChI is InChI=1S/C18H20N2O2/c1-13-4-6-14(7-5-13)17(21)15-8-11-20(12-9-15)18(22)16-3-2-10-19-16/h2-7,10,15,19H,8-9,11-12H2,1H3. The fourth-order valence-electron chi connectivity index (χ4n) is 2.93. The number of aromatic nitrogens is 1. The van der Waals surface area contributed by atoms with Gasteiger partial charge < -0.3 is 9.88 Å². The number of nitrogens with zero attached hydrogens (tertiary/aromatic N) is 1. The molecule has 1 N–H and O–H groups in total. The van der Waals surface area contributed by atoms with E-state index in [0.717, 1.165) is 24.0 Å². The van der Waals surface area contributed by atoms with Crippen molar-refractivity contribution in [1.29, 1.82) is 0 Å². The second-order valence-corrected chi connectivity index (χ2v) is 5.88. The van der Waals surface area contributed by atoms with Crippen LogP contribution in [0.2, 0.25) is 0 Å². The molecule has 2 aromatic rings. The molecule has 2 heterocycles. The molecule has 1 aliphatic heterocycles. The summed E-state index contributed by atoms with van der Waals surface area (Å²) in [7, 11) is 0.